The highest BCUT2D eigenvalue weighted by molar-refractivity contribution is 7.56. The molecule has 0 aliphatic carbocycles. The molecule has 0 heterocycles. The van der Waals surface area contributed by atoms with E-state index in [1.165, 1.54) is 0 Å². The molecule has 0 bridgehead atoms. The first-order chi connectivity index (χ1) is 15.1. The second kappa shape index (κ2) is 14.9. The van der Waals surface area contributed by atoms with Crippen molar-refractivity contribution in [3.8, 4) is 0 Å². The third-order valence-electron chi connectivity index (χ3n) is 5.12. The van der Waals surface area contributed by atoms with Gasteiger partial charge in [-0.15, -0.1) is 0 Å². The molecule has 10 nitrogen and oxygen atoms in total. The Kier molecular flexibility index (Phi) is 14.3. The van der Waals surface area contributed by atoms with Crippen LogP contribution in [0.25, 0.3) is 0 Å². The lowest BCUT2D eigenvalue weighted by atomic mass is 10.1. The SMILES string of the molecule is C=C(C)C(=O)N(CCCC)CCN(CCCCCC(CP(=O)(O)O)P(=O)(O)O)C(=O)C(=C)C. The zero-order chi connectivity index (χ0) is 25.8. The van der Waals surface area contributed by atoms with Gasteiger partial charge in [-0.2, -0.15) is 0 Å². The van der Waals surface area contributed by atoms with E-state index in [9.17, 15) is 28.5 Å². The molecule has 192 valence electrons. The lowest BCUT2D eigenvalue weighted by Gasteiger charge is -2.28. The molecule has 0 aromatic carbocycles. The van der Waals surface area contributed by atoms with Crippen molar-refractivity contribution in [1.29, 1.82) is 0 Å². The number of rotatable bonds is 17. The molecule has 12 heteroatoms. The quantitative estimate of drug-likeness (QED) is 0.132. The van der Waals surface area contributed by atoms with Crippen LogP contribution in [0.1, 0.15) is 59.3 Å². The van der Waals surface area contributed by atoms with Gasteiger partial charge in [0.25, 0.3) is 0 Å². The average molecular weight is 511 g/mol. The van der Waals surface area contributed by atoms with Crippen molar-refractivity contribution < 1.29 is 38.3 Å². The number of unbranched alkanes of at least 4 members (excludes halogenated alkanes) is 3. The summed E-state index contributed by atoms with van der Waals surface area (Å²) in [6.07, 6.45) is 2.27. The molecule has 0 fully saturated rings. The summed E-state index contributed by atoms with van der Waals surface area (Å²) in [5.74, 6) is -0.387. The lowest BCUT2D eigenvalue weighted by Crippen LogP contribution is -2.42. The molecular weight excluding hydrogens is 470 g/mol. The molecule has 0 saturated carbocycles. The van der Waals surface area contributed by atoms with Crippen molar-refractivity contribution in [2.75, 3.05) is 32.3 Å². The fourth-order valence-corrected chi connectivity index (χ4v) is 6.00. The largest absolute Gasteiger partial charge is 0.337 e. The molecule has 0 radical (unpaired) electrons. The number of amides is 2. The summed E-state index contributed by atoms with van der Waals surface area (Å²) in [4.78, 5) is 65.0. The van der Waals surface area contributed by atoms with Gasteiger partial charge in [0.05, 0.1) is 11.8 Å². The van der Waals surface area contributed by atoms with Gasteiger partial charge in [0.1, 0.15) is 0 Å². The predicted octanol–water partition coefficient (Wildman–Crippen LogP) is 2.88. The molecule has 1 atom stereocenters. The Labute approximate surface area is 197 Å². The van der Waals surface area contributed by atoms with Gasteiger partial charge < -0.3 is 29.4 Å². The minimum atomic E-state index is -4.63. The van der Waals surface area contributed by atoms with Crippen molar-refractivity contribution in [3.05, 3.63) is 24.3 Å². The van der Waals surface area contributed by atoms with Crippen molar-refractivity contribution in [2.45, 2.75) is 65.0 Å². The number of hydrogen-bond donors (Lipinski definition) is 4. The van der Waals surface area contributed by atoms with Crippen LogP contribution < -0.4 is 0 Å². The van der Waals surface area contributed by atoms with E-state index in [1.54, 1.807) is 23.6 Å². The minimum absolute atomic E-state index is 0.0261. The molecule has 0 saturated heterocycles. The zero-order valence-corrected chi connectivity index (χ0v) is 21.8. The summed E-state index contributed by atoms with van der Waals surface area (Å²) in [6, 6.07) is 0. The van der Waals surface area contributed by atoms with Crippen LogP contribution in [-0.2, 0) is 18.7 Å². The molecule has 2 amide bonds. The van der Waals surface area contributed by atoms with Crippen LogP contribution in [0.2, 0.25) is 0 Å². The maximum Gasteiger partial charge on any atom is 0.329 e. The van der Waals surface area contributed by atoms with Gasteiger partial charge in [-0.1, -0.05) is 39.3 Å². The van der Waals surface area contributed by atoms with E-state index in [4.69, 9.17) is 9.79 Å². The summed E-state index contributed by atoms with van der Waals surface area (Å²) in [5.41, 5.74) is -0.602. The first kappa shape index (κ1) is 31.7. The number of carbonyl (C=O) groups excluding carboxylic acids is 2. The molecule has 33 heavy (non-hydrogen) atoms. The average Bonchev–Trinajstić information content (AvgIpc) is 2.68. The van der Waals surface area contributed by atoms with Crippen molar-refractivity contribution >= 4 is 27.0 Å². The smallest absolute Gasteiger partial charge is 0.329 e. The molecule has 1 unspecified atom stereocenters. The van der Waals surface area contributed by atoms with E-state index in [1.807, 2.05) is 6.92 Å². The molecule has 4 N–H and O–H groups in total. The highest BCUT2D eigenvalue weighted by Gasteiger charge is 2.34. The molecular formula is C21H40N2O8P2. The Balaban J connectivity index is 4.93. The van der Waals surface area contributed by atoms with Crippen LogP contribution in [0.3, 0.4) is 0 Å². The summed E-state index contributed by atoms with van der Waals surface area (Å²) in [6.45, 7) is 14.3. The van der Waals surface area contributed by atoms with E-state index < -0.39 is 27.0 Å². The third-order valence-corrected chi connectivity index (χ3v) is 7.71. The summed E-state index contributed by atoms with van der Waals surface area (Å²) in [5, 5.41) is 0. The van der Waals surface area contributed by atoms with E-state index >= 15 is 0 Å². The van der Waals surface area contributed by atoms with Gasteiger partial charge in [0.2, 0.25) is 11.8 Å². The maximum absolute atomic E-state index is 12.5. The monoisotopic (exact) mass is 510 g/mol. The van der Waals surface area contributed by atoms with Gasteiger partial charge in [-0.3, -0.25) is 18.7 Å². The Hall–Kier alpha value is -1.28. The highest BCUT2D eigenvalue weighted by Crippen LogP contribution is 2.50. The van der Waals surface area contributed by atoms with Crippen LogP contribution in [0.5, 0.6) is 0 Å². The fraction of sp³-hybridized carbons (Fsp3) is 0.714. The second-order valence-electron chi connectivity index (χ2n) is 8.44. The Morgan fingerprint density at radius 1 is 0.788 bits per heavy atom. The second-order valence-corrected chi connectivity index (χ2v) is 12.0. The van der Waals surface area contributed by atoms with Crippen molar-refractivity contribution in [2.24, 2.45) is 0 Å². The lowest BCUT2D eigenvalue weighted by molar-refractivity contribution is -0.131. The summed E-state index contributed by atoms with van der Waals surface area (Å²) in [7, 11) is -9.18. The first-order valence-electron chi connectivity index (χ1n) is 11.1. The zero-order valence-electron chi connectivity index (χ0n) is 20.0. The standard InChI is InChI=1S/C21H40N2O8P2/c1-6-7-12-22(20(24)17(2)3)14-15-23(21(25)18(4)5)13-10-8-9-11-19(33(29,30)31)16-32(26,27)28/h19H,2,4,6-16H2,1,3,5H3,(H2,26,27,28)(H2,29,30,31). The Morgan fingerprint density at radius 3 is 1.61 bits per heavy atom. The Bertz CT molecular complexity index is 774. The summed E-state index contributed by atoms with van der Waals surface area (Å²) < 4.78 is 22.7. The van der Waals surface area contributed by atoms with Crippen LogP contribution in [0.15, 0.2) is 24.3 Å². The van der Waals surface area contributed by atoms with Crippen molar-refractivity contribution in [1.82, 2.24) is 9.80 Å². The van der Waals surface area contributed by atoms with E-state index in [0.29, 0.717) is 56.6 Å². The van der Waals surface area contributed by atoms with Gasteiger partial charge in [0, 0.05) is 37.3 Å². The fourth-order valence-electron chi connectivity index (χ4n) is 3.26. The van der Waals surface area contributed by atoms with Crippen LogP contribution in [-0.4, -0.2) is 79.2 Å². The molecule has 0 aliphatic rings. The van der Waals surface area contributed by atoms with Crippen molar-refractivity contribution in [3.63, 3.8) is 0 Å². The van der Waals surface area contributed by atoms with Gasteiger partial charge in [-0.25, -0.2) is 0 Å². The molecule has 0 aromatic heterocycles. The number of carbonyl (C=O) groups is 2. The number of nitrogens with zero attached hydrogens (tertiary/aromatic N) is 2. The van der Waals surface area contributed by atoms with Crippen LogP contribution in [0.4, 0.5) is 0 Å². The topological polar surface area (TPSA) is 156 Å². The van der Waals surface area contributed by atoms with Crippen LogP contribution in [0, 0.1) is 0 Å². The maximum atomic E-state index is 12.5. The van der Waals surface area contributed by atoms with E-state index in [2.05, 4.69) is 13.2 Å². The van der Waals surface area contributed by atoms with Gasteiger partial charge in [0.15, 0.2) is 0 Å². The molecule has 0 rings (SSSR count). The normalized spacial score (nSPS) is 12.8. The third kappa shape index (κ3) is 13.9. The molecule has 0 aromatic rings. The number of hydrogen-bond acceptors (Lipinski definition) is 4. The predicted molar refractivity (Wildman–Crippen MR) is 129 cm³/mol. The molecule has 0 aliphatic heterocycles. The molecule has 0 spiro atoms. The summed E-state index contributed by atoms with van der Waals surface area (Å²) >= 11 is 0. The highest BCUT2D eigenvalue weighted by atomic mass is 31.2. The van der Waals surface area contributed by atoms with Gasteiger partial charge >= 0.3 is 15.2 Å². The van der Waals surface area contributed by atoms with Gasteiger partial charge in [-0.05, 0) is 33.1 Å². The minimum Gasteiger partial charge on any atom is -0.337 e. The van der Waals surface area contributed by atoms with E-state index in [0.717, 1.165) is 12.8 Å². The van der Waals surface area contributed by atoms with Crippen LogP contribution >= 0.6 is 15.2 Å². The first-order valence-corrected chi connectivity index (χ1v) is 14.6. The Morgan fingerprint density at radius 2 is 1.24 bits per heavy atom. The van der Waals surface area contributed by atoms with E-state index in [-0.39, 0.29) is 18.2 Å².